The Morgan fingerprint density at radius 2 is 2.42 bits per heavy atom. The molecule has 1 amide bonds. The lowest BCUT2D eigenvalue weighted by Crippen LogP contribution is -2.27. The maximum absolute atomic E-state index is 12.3. The van der Waals surface area contributed by atoms with E-state index < -0.39 is 0 Å². The molecule has 3 rings (SSSR count). The molecule has 2 heterocycles. The van der Waals surface area contributed by atoms with Gasteiger partial charge in [-0.3, -0.25) is 4.79 Å². The Kier molecular flexibility index (Phi) is 5.37. The molecule has 8 heteroatoms. The lowest BCUT2D eigenvalue weighted by molar-refractivity contribution is 0.0951. The van der Waals surface area contributed by atoms with Crippen molar-refractivity contribution in [3.05, 3.63) is 35.7 Å². The van der Waals surface area contributed by atoms with Gasteiger partial charge in [-0.15, -0.1) is 5.10 Å². The summed E-state index contributed by atoms with van der Waals surface area (Å²) in [5.41, 5.74) is 1.73. The van der Waals surface area contributed by atoms with Crippen molar-refractivity contribution in [1.29, 1.82) is 0 Å². The number of ether oxygens (including phenoxy) is 1. The molecule has 0 saturated carbocycles. The number of aromatic nitrogens is 4. The van der Waals surface area contributed by atoms with Gasteiger partial charge in [0.05, 0.1) is 13.7 Å². The zero-order valence-corrected chi connectivity index (χ0v) is 13.7. The first-order valence-electron chi connectivity index (χ1n) is 8.13. The Morgan fingerprint density at radius 3 is 3.12 bits per heavy atom. The van der Waals surface area contributed by atoms with E-state index in [0.717, 1.165) is 37.2 Å². The summed E-state index contributed by atoms with van der Waals surface area (Å²) in [4.78, 5) is 12.3. The minimum absolute atomic E-state index is 0.100. The van der Waals surface area contributed by atoms with Crippen LogP contribution in [0, 0.1) is 5.92 Å². The molecule has 1 aromatic heterocycles. The van der Waals surface area contributed by atoms with E-state index in [1.54, 1.807) is 17.9 Å². The first-order chi connectivity index (χ1) is 11.8. The largest absolute Gasteiger partial charge is 0.496 e. The third-order valence-electron chi connectivity index (χ3n) is 4.23. The molecule has 1 saturated heterocycles. The molecule has 1 aliphatic rings. The van der Waals surface area contributed by atoms with Gasteiger partial charge in [-0.05, 0) is 66.0 Å². The minimum atomic E-state index is -0.100. The van der Waals surface area contributed by atoms with E-state index in [2.05, 4.69) is 26.2 Å². The fourth-order valence-electron chi connectivity index (χ4n) is 2.95. The number of carbonyl (C=O) groups excluding carboxylic acids is 1. The van der Waals surface area contributed by atoms with Crippen LogP contribution in [-0.4, -0.2) is 52.9 Å². The predicted molar refractivity (Wildman–Crippen MR) is 87.8 cm³/mol. The summed E-state index contributed by atoms with van der Waals surface area (Å²) >= 11 is 0. The summed E-state index contributed by atoms with van der Waals surface area (Å²) in [5, 5.41) is 17.1. The average Bonchev–Trinajstić information content (AvgIpc) is 3.28. The summed E-state index contributed by atoms with van der Waals surface area (Å²) in [6, 6.07) is 5.60. The molecule has 1 aromatic carbocycles. The lowest BCUT2D eigenvalue weighted by atomic mass is 9.96. The van der Waals surface area contributed by atoms with E-state index in [9.17, 15) is 4.79 Å². The molecule has 1 fully saturated rings. The van der Waals surface area contributed by atoms with Crippen LogP contribution in [0.2, 0.25) is 0 Å². The van der Waals surface area contributed by atoms with Gasteiger partial charge >= 0.3 is 0 Å². The average molecular weight is 330 g/mol. The van der Waals surface area contributed by atoms with Crippen LogP contribution >= 0.6 is 0 Å². The molecule has 1 atom stereocenters. The Hall–Kier alpha value is -2.48. The van der Waals surface area contributed by atoms with E-state index in [1.165, 1.54) is 6.33 Å². The fourth-order valence-corrected chi connectivity index (χ4v) is 2.95. The van der Waals surface area contributed by atoms with Gasteiger partial charge in [0, 0.05) is 12.1 Å². The summed E-state index contributed by atoms with van der Waals surface area (Å²) in [6.45, 7) is 3.09. The van der Waals surface area contributed by atoms with Gasteiger partial charge in [-0.1, -0.05) is 0 Å². The molecule has 2 aromatic rings. The van der Waals surface area contributed by atoms with Gasteiger partial charge < -0.3 is 15.4 Å². The molecule has 0 spiro atoms. The van der Waals surface area contributed by atoms with Crippen LogP contribution in [0.5, 0.6) is 5.75 Å². The third-order valence-corrected chi connectivity index (χ3v) is 4.23. The molecular formula is C16H22N6O2. The van der Waals surface area contributed by atoms with Crippen molar-refractivity contribution in [1.82, 2.24) is 30.8 Å². The van der Waals surface area contributed by atoms with Crippen LogP contribution in [-0.2, 0) is 13.0 Å². The zero-order chi connectivity index (χ0) is 16.8. The molecular weight excluding hydrogens is 308 g/mol. The van der Waals surface area contributed by atoms with Gasteiger partial charge in [0.1, 0.15) is 12.1 Å². The van der Waals surface area contributed by atoms with E-state index in [0.29, 0.717) is 24.6 Å². The minimum Gasteiger partial charge on any atom is -0.496 e. The standard InChI is InChI=1S/C16H22N6O2/c1-24-15-3-2-13(9-14(15)8-12-4-5-17-10-12)16(23)18-6-7-22-11-19-20-21-22/h2-3,9,11-12,17H,4-8,10H2,1H3,(H,18,23). The smallest absolute Gasteiger partial charge is 0.251 e. The van der Waals surface area contributed by atoms with Gasteiger partial charge in [0.25, 0.3) is 5.91 Å². The molecule has 8 nitrogen and oxygen atoms in total. The van der Waals surface area contributed by atoms with Crippen molar-refractivity contribution in [2.45, 2.75) is 19.4 Å². The highest BCUT2D eigenvalue weighted by Gasteiger charge is 2.18. The number of tetrazole rings is 1. The fraction of sp³-hybridized carbons (Fsp3) is 0.500. The van der Waals surface area contributed by atoms with Crippen molar-refractivity contribution >= 4 is 5.91 Å². The van der Waals surface area contributed by atoms with Crippen molar-refractivity contribution in [3.63, 3.8) is 0 Å². The number of rotatable bonds is 7. The van der Waals surface area contributed by atoms with Gasteiger partial charge in [0.15, 0.2) is 0 Å². The van der Waals surface area contributed by atoms with E-state index >= 15 is 0 Å². The maximum Gasteiger partial charge on any atom is 0.251 e. The lowest BCUT2D eigenvalue weighted by Gasteiger charge is -2.14. The van der Waals surface area contributed by atoms with E-state index in [-0.39, 0.29) is 5.91 Å². The second-order valence-corrected chi connectivity index (χ2v) is 5.92. The highest BCUT2D eigenvalue weighted by atomic mass is 16.5. The third kappa shape index (κ3) is 4.08. The Bertz CT molecular complexity index is 667. The van der Waals surface area contributed by atoms with Crippen molar-refractivity contribution in [2.24, 2.45) is 5.92 Å². The van der Waals surface area contributed by atoms with Crippen molar-refractivity contribution < 1.29 is 9.53 Å². The van der Waals surface area contributed by atoms with Gasteiger partial charge in [-0.25, -0.2) is 4.68 Å². The molecule has 0 radical (unpaired) electrons. The highest BCUT2D eigenvalue weighted by Crippen LogP contribution is 2.25. The molecule has 0 aliphatic carbocycles. The number of carbonyl (C=O) groups is 1. The summed E-state index contributed by atoms with van der Waals surface area (Å²) < 4.78 is 7.02. The molecule has 1 aliphatic heterocycles. The number of hydrogen-bond donors (Lipinski definition) is 2. The number of benzene rings is 1. The van der Waals surface area contributed by atoms with Crippen LogP contribution in [0.25, 0.3) is 0 Å². The number of nitrogens with zero attached hydrogens (tertiary/aromatic N) is 4. The summed E-state index contributed by atoms with van der Waals surface area (Å²) in [5.74, 6) is 1.33. The van der Waals surface area contributed by atoms with E-state index in [1.807, 2.05) is 12.1 Å². The van der Waals surface area contributed by atoms with Gasteiger partial charge in [0.2, 0.25) is 0 Å². The molecule has 0 bridgehead atoms. The summed E-state index contributed by atoms with van der Waals surface area (Å²) in [6.07, 6.45) is 3.60. The summed E-state index contributed by atoms with van der Waals surface area (Å²) in [7, 11) is 1.66. The zero-order valence-electron chi connectivity index (χ0n) is 13.7. The van der Waals surface area contributed by atoms with Crippen LogP contribution in [0.4, 0.5) is 0 Å². The number of nitrogens with one attached hydrogen (secondary N) is 2. The normalized spacial score (nSPS) is 17.0. The number of methoxy groups -OCH3 is 1. The Labute approximate surface area is 140 Å². The number of amides is 1. The molecule has 2 N–H and O–H groups in total. The number of hydrogen-bond acceptors (Lipinski definition) is 6. The van der Waals surface area contributed by atoms with Crippen molar-refractivity contribution in [3.8, 4) is 5.75 Å². The topological polar surface area (TPSA) is 94.0 Å². The first-order valence-corrected chi connectivity index (χ1v) is 8.13. The second-order valence-electron chi connectivity index (χ2n) is 5.92. The molecule has 128 valence electrons. The Morgan fingerprint density at radius 1 is 1.50 bits per heavy atom. The van der Waals surface area contributed by atoms with Crippen molar-refractivity contribution in [2.75, 3.05) is 26.7 Å². The van der Waals surface area contributed by atoms with Crippen LogP contribution in [0.3, 0.4) is 0 Å². The highest BCUT2D eigenvalue weighted by molar-refractivity contribution is 5.94. The van der Waals surface area contributed by atoms with Gasteiger partial charge in [-0.2, -0.15) is 0 Å². The monoisotopic (exact) mass is 330 g/mol. The van der Waals surface area contributed by atoms with Crippen LogP contribution < -0.4 is 15.4 Å². The second kappa shape index (κ2) is 7.87. The SMILES string of the molecule is COc1ccc(C(=O)NCCn2cnnn2)cc1CC1CCNC1. The first kappa shape index (κ1) is 16.4. The quantitative estimate of drug-likeness (QED) is 0.756. The Balaban J connectivity index is 1.62. The van der Waals surface area contributed by atoms with E-state index in [4.69, 9.17) is 4.74 Å². The molecule has 24 heavy (non-hydrogen) atoms. The molecule has 1 unspecified atom stereocenters. The van der Waals surface area contributed by atoms with Crippen LogP contribution in [0.1, 0.15) is 22.3 Å². The maximum atomic E-state index is 12.3. The van der Waals surface area contributed by atoms with Crippen LogP contribution in [0.15, 0.2) is 24.5 Å². The predicted octanol–water partition coefficient (Wildman–Crippen LogP) is 0.264.